The van der Waals surface area contributed by atoms with Crippen LogP contribution in [0.2, 0.25) is 0 Å². The van der Waals surface area contributed by atoms with Crippen LogP contribution in [0.15, 0.2) is 36.9 Å². The number of hydrogen-bond acceptors (Lipinski definition) is 3. The highest BCUT2D eigenvalue weighted by Crippen LogP contribution is 2.19. The quantitative estimate of drug-likeness (QED) is 0.815. The fraction of sp³-hybridized carbons (Fsp3) is 0.438. The van der Waals surface area contributed by atoms with E-state index in [0.717, 1.165) is 25.9 Å². The van der Waals surface area contributed by atoms with Crippen molar-refractivity contribution in [3.05, 3.63) is 42.7 Å². The van der Waals surface area contributed by atoms with Crippen LogP contribution >= 0.6 is 0 Å². The minimum Gasteiger partial charge on any atom is -0.490 e. The molecule has 4 nitrogen and oxygen atoms in total. The normalized spacial score (nSPS) is 16.4. The van der Waals surface area contributed by atoms with Crippen LogP contribution in [0.4, 0.5) is 4.39 Å². The molecule has 1 saturated heterocycles. The van der Waals surface area contributed by atoms with E-state index in [-0.39, 0.29) is 17.8 Å². The summed E-state index contributed by atoms with van der Waals surface area (Å²) in [4.78, 5) is 13.7. The Morgan fingerprint density at radius 2 is 2.24 bits per heavy atom. The Balaban J connectivity index is 1.73. The molecule has 1 aliphatic rings. The Kier molecular flexibility index (Phi) is 5.75. The summed E-state index contributed by atoms with van der Waals surface area (Å²) in [6.45, 7) is 6.08. The molecule has 1 heterocycles. The van der Waals surface area contributed by atoms with Gasteiger partial charge >= 0.3 is 0 Å². The molecule has 0 spiro atoms. The van der Waals surface area contributed by atoms with Gasteiger partial charge in [0.15, 0.2) is 0 Å². The number of likely N-dealkylation sites (tertiary alicyclic amines) is 1. The van der Waals surface area contributed by atoms with Gasteiger partial charge in [0.2, 0.25) is 5.91 Å². The summed E-state index contributed by atoms with van der Waals surface area (Å²) in [5, 5.41) is 2.77. The molecule has 114 valence electrons. The van der Waals surface area contributed by atoms with E-state index >= 15 is 0 Å². The number of halogens is 1. The molecule has 0 aromatic heterocycles. The average molecular weight is 292 g/mol. The Morgan fingerprint density at radius 1 is 1.48 bits per heavy atom. The first-order chi connectivity index (χ1) is 10.2. The molecule has 0 aliphatic carbocycles. The van der Waals surface area contributed by atoms with E-state index in [2.05, 4.69) is 16.8 Å². The Hall–Kier alpha value is -1.88. The van der Waals surface area contributed by atoms with Crippen LogP contribution in [0.1, 0.15) is 12.8 Å². The van der Waals surface area contributed by atoms with Gasteiger partial charge in [-0.15, -0.1) is 6.58 Å². The van der Waals surface area contributed by atoms with E-state index in [1.54, 1.807) is 18.2 Å². The maximum atomic E-state index is 13.1. The molecule has 1 N–H and O–H groups in total. The summed E-state index contributed by atoms with van der Waals surface area (Å²) >= 11 is 0. The zero-order valence-corrected chi connectivity index (χ0v) is 12.1. The van der Waals surface area contributed by atoms with Crippen molar-refractivity contribution in [2.24, 2.45) is 0 Å². The third kappa shape index (κ3) is 5.19. The predicted octanol–water partition coefficient (Wildman–Crippen LogP) is 1.97. The van der Waals surface area contributed by atoms with E-state index < -0.39 is 0 Å². The molecule has 2 rings (SSSR count). The molecule has 1 aliphatic heterocycles. The van der Waals surface area contributed by atoms with E-state index in [0.29, 0.717) is 18.8 Å². The Morgan fingerprint density at radius 3 is 2.90 bits per heavy atom. The number of piperidine rings is 1. The van der Waals surface area contributed by atoms with Crippen LogP contribution in [0.3, 0.4) is 0 Å². The van der Waals surface area contributed by atoms with Crippen LogP contribution in [0.25, 0.3) is 0 Å². The van der Waals surface area contributed by atoms with Gasteiger partial charge in [-0.25, -0.2) is 4.39 Å². The molecule has 0 unspecified atom stereocenters. The molecule has 1 aromatic carbocycles. The molecular formula is C16H21FN2O2. The van der Waals surface area contributed by atoms with Crippen molar-refractivity contribution in [2.75, 3.05) is 26.2 Å². The van der Waals surface area contributed by atoms with Gasteiger partial charge in [0.05, 0.1) is 6.54 Å². The number of hydrogen-bond donors (Lipinski definition) is 1. The van der Waals surface area contributed by atoms with E-state index in [1.807, 2.05) is 0 Å². The zero-order valence-electron chi connectivity index (χ0n) is 12.1. The summed E-state index contributed by atoms with van der Waals surface area (Å²) in [6, 6.07) is 6.20. The predicted molar refractivity (Wildman–Crippen MR) is 79.7 cm³/mol. The third-order valence-electron chi connectivity index (χ3n) is 3.44. The smallest absolute Gasteiger partial charge is 0.234 e. The average Bonchev–Trinajstić information content (AvgIpc) is 2.47. The van der Waals surface area contributed by atoms with Crippen molar-refractivity contribution >= 4 is 5.91 Å². The van der Waals surface area contributed by atoms with Crippen molar-refractivity contribution in [3.8, 4) is 5.75 Å². The minimum atomic E-state index is -0.288. The lowest BCUT2D eigenvalue weighted by molar-refractivity contribution is -0.122. The lowest BCUT2D eigenvalue weighted by Crippen LogP contribution is -2.43. The van der Waals surface area contributed by atoms with Crippen LogP contribution in [0.5, 0.6) is 5.75 Å². The fourth-order valence-corrected chi connectivity index (χ4v) is 2.36. The maximum absolute atomic E-state index is 13.1. The molecule has 0 atom stereocenters. The minimum absolute atomic E-state index is 0.0133. The molecule has 0 bridgehead atoms. The second-order valence-electron chi connectivity index (χ2n) is 5.14. The zero-order chi connectivity index (χ0) is 15.1. The van der Waals surface area contributed by atoms with Gasteiger partial charge in [-0.05, 0) is 25.0 Å². The highest BCUT2D eigenvalue weighted by atomic mass is 19.1. The molecule has 1 aromatic rings. The van der Waals surface area contributed by atoms with Crippen molar-refractivity contribution in [1.29, 1.82) is 0 Å². The molecule has 0 saturated carbocycles. The van der Waals surface area contributed by atoms with Crippen molar-refractivity contribution < 1.29 is 13.9 Å². The largest absolute Gasteiger partial charge is 0.490 e. The van der Waals surface area contributed by atoms with Gasteiger partial charge in [-0.2, -0.15) is 0 Å². The lowest BCUT2D eigenvalue weighted by Gasteiger charge is -2.31. The molecule has 1 fully saturated rings. The van der Waals surface area contributed by atoms with Crippen LogP contribution in [0, 0.1) is 5.82 Å². The number of carbonyl (C=O) groups is 1. The fourth-order valence-electron chi connectivity index (χ4n) is 2.36. The van der Waals surface area contributed by atoms with Gasteiger partial charge in [-0.1, -0.05) is 12.1 Å². The van der Waals surface area contributed by atoms with Gasteiger partial charge in [0.25, 0.3) is 0 Å². The number of carbonyl (C=O) groups excluding carboxylic acids is 1. The first kappa shape index (κ1) is 15.5. The molecule has 1 amide bonds. The van der Waals surface area contributed by atoms with E-state index in [4.69, 9.17) is 4.74 Å². The number of nitrogens with zero attached hydrogens (tertiary/aromatic N) is 1. The number of rotatable bonds is 6. The third-order valence-corrected chi connectivity index (χ3v) is 3.44. The van der Waals surface area contributed by atoms with Gasteiger partial charge in [0.1, 0.15) is 17.7 Å². The number of nitrogens with one attached hydrogen (secondary N) is 1. The highest BCUT2D eigenvalue weighted by molar-refractivity contribution is 5.78. The standard InChI is InChI=1S/C16H21FN2O2/c1-2-8-18-16(20)12-19-9-6-14(7-10-19)21-15-5-3-4-13(17)11-15/h2-5,11,14H,1,6-10,12H2,(H,18,20). The number of benzene rings is 1. The summed E-state index contributed by atoms with van der Waals surface area (Å²) in [5.74, 6) is 0.292. The van der Waals surface area contributed by atoms with Crippen molar-refractivity contribution in [2.45, 2.75) is 18.9 Å². The maximum Gasteiger partial charge on any atom is 0.234 e. The molecule has 5 heteroatoms. The summed E-state index contributed by atoms with van der Waals surface area (Å²) in [6.07, 6.45) is 3.42. The Labute approximate surface area is 124 Å². The molecule has 0 radical (unpaired) electrons. The first-order valence-corrected chi connectivity index (χ1v) is 7.19. The van der Waals surface area contributed by atoms with Gasteiger partial charge < -0.3 is 10.1 Å². The topological polar surface area (TPSA) is 41.6 Å². The Bertz CT molecular complexity index is 485. The van der Waals surface area contributed by atoms with Crippen molar-refractivity contribution in [3.63, 3.8) is 0 Å². The lowest BCUT2D eigenvalue weighted by atomic mass is 10.1. The monoisotopic (exact) mass is 292 g/mol. The summed E-state index contributed by atoms with van der Waals surface area (Å²) in [5.41, 5.74) is 0. The van der Waals surface area contributed by atoms with Crippen LogP contribution in [-0.2, 0) is 4.79 Å². The van der Waals surface area contributed by atoms with E-state index in [1.165, 1.54) is 12.1 Å². The number of amides is 1. The van der Waals surface area contributed by atoms with Crippen LogP contribution < -0.4 is 10.1 Å². The highest BCUT2D eigenvalue weighted by Gasteiger charge is 2.21. The first-order valence-electron chi connectivity index (χ1n) is 7.19. The van der Waals surface area contributed by atoms with Gasteiger partial charge in [-0.3, -0.25) is 9.69 Å². The van der Waals surface area contributed by atoms with Crippen molar-refractivity contribution in [1.82, 2.24) is 10.2 Å². The summed E-state index contributed by atoms with van der Waals surface area (Å²) < 4.78 is 18.9. The molecule has 21 heavy (non-hydrogen) atoms. The second kappa shape index (κ2) is 7.78. The number of ether oxygens (including phenoxy) is 1. The SMILES string of the molecule is C=CCNC(=O)CN1CCC(Oc2cccc(F)c2)CC1. The van der Waals surface area contributed by atoms with Crippen LogP contribution in [-0.4, -0.2) is 43.1 Å². The van der Waals surface area contributed by atoms with E-state index in [9.17, 15) is 9.18 Å². The second-order valence-corrected chi connectivity index (χ2v) is 5.14. The van der Waals surface area contributed by atoms with Gasteiger partial charge in [0, 0.05) is 25.7 Å². The molecular weight excluding hydrogens is 271 g/mol. The summed E-state index contributed by atoms with van der Waals surface area (Å²) in [7, 11) is 0.